The number of hydrogen-bond acceptors (Lipinski definition) is 3. The molecule has 1 aromatic heterocycles. The Morgan fingerprint density at radius 1 is 1.39 bits per heavy atom. The molecular formula is C16H13F2N3O2. The van der Waals surface area contributed by atoms with Crippen LogP contribution in [0.1, 0.15) is 27.7 Å². The molecule has 1 amide bonds. The van der Waals surface area contributed by atoms with Crippen LogP contribution in [0.5, 0.6) is 0 Å². The fourth-order valence-electron chi connectivity index (χ4n) is 2.54. The van der Waals surface area contributed by atoms with E-state index in [0.29, 0.717) is 17.8 Å². The van der Waals surface area contributed by atoms with E-state index in [1.807, 2.05) is 6.07 Å². The smallest absolute Gasteiger partial charge is 0.270 e. The van der Waals surface area contributed by atoms with E-state index in [1.54, 1.807) is 0 Å². The van der Waals surface area contributed by atoms with Gasteiger partial charge in [-0.3, -0.25) is 4.79 Å². The van der Waals surface area contributed by atoms with E-state index in [9.17, 15) is 13.6 Å². The number of benzene rings is 1. The van der Waals surface area contributed by atoms with Crippen molar-refractivity contribution < 1.29 is 18.3 Å². The number of nitrogens with zero attached hydrogens (tertiary/aromatic N) is 2. The molecule has 2 heterocycles. The number of carbonyl (C=O) groups excluding carboxylic acids is 1. The molecular weight excluding hydrogens is 304 g/mol. The number of morpholine rings is 1. The minimum Gasteiger partial charge on any atom is -0.370 e. The molecule has 0 aliphatic carbocycles. The molecule has 1 unspecified atom stereocenters. The fraction of sp³-hybridized carbons (Fsp3) is 0.250. The molecule has 0 radical (unpaired) electrons. The molecule has 3 rings (SSSR count). The number of aromatic nitrogens is 1. The first kappa shape index (κ1) is 15.2. The van der Waals surface area contributed by atoms with E-state index in [-0.39, 0.29) is 24.6 Å². The number of amides is 1. The van der Waals surface area contributed by atoms with Gasteiger partial charge < -0.3 is 14.6 Å². The van der Waals surface area contributed by atoms with Crippen LogP contribution in [0, 0.1) is 23.0 Å². The van der Waals surface area contributed by atoms with Crippen molar-refractivity contribution in [3.63, 3.8) is 0 Å². The summed E-state index contributed by atoms with van der Waals surface area (Å²) in [6, 6.07) is 6.68. The van der Waals surface area contributed by atoms with Crippen molar-refractivity contribution in [1.29, 1.82) is 5.26 Å². The molecule has 0 saturated carbocycles. The van der Waals surface area contributed by atoms with Gasteiger partial charge in [0.05, 0.1) is 18.7 Å². The lowest BCUT2D eigenvalue weighted by atomic mass is 10.1. The summed E-state index contributed by atoms with van der Waals surface area (Å²) in [5, 5.41) is 8.80. The zero-order valence-corrected chi connectivity index (χ0v) is 12.1. The van der Waals surface area contributed by atoms with Crippen molar-refractivity contribution in [3.8, 4) is 6.07 Å². The molecule has 7 heteroatoms. The topological polar surface area (TPSA) is 69.1 Å². The SMILES string of the molecule is N#Cc1c[nH]c(C(=O)N2CCOC(c3ccc(F)cc3F)C2)c1. The molecule has 2 aromatic rings. The highest BCUT2D eigenvalue weighted by Crippen LogP contribution is 2.26. The van der Waals surface area contributed by atoms with Crippen molar-refractivity contribution in [1.82, 2.24) is 9.88 Å². The highest BCUT2D eigenvalue weighted by molar-refractivity contribution is 5.93. The second-order valence-corrected chi connectivity index (χ2v) is 5.19. The van der Waals surface area contributed by atoms with Gasteiger partial charge in [-0.05, 0) is 12.1 Å². The Morgan fingerprint density at radius 2 is 2.22 bits per heavy atom. The number of rotatable bonds is 2. The molecule has 5 nitrogen and oxygen atoms in total. The average molecular weight is 317 g/mol. The summed E-state index contributed by atoms with van der Waals surface area (Å²) in [6.07, 6.45) is 0.795. The lowest BCUT2D eigenvalue weighted by molar-refractivity contribution is -0.0245. The summed E-state index contributed by atoms with van der Waals surface area (Å²) < 4.78 is 32.4. The third-order valence-corrected chi connectivity index (χ3v) is 3.71. The summed E-state index contributed by atoms with van der Waals surface area (Å²) in [6.45, 7) is 0.764. The minimum absolute atomic E-state index is 0.155. The number of H-pyrrole nitrogens is 1. The number of halogens is 2. The Balaban J connectivity index is 1.78. The van der Waals surface area contributed by atoms with Crippen LogP contribution in [0.15, 0.2) is 30.5 Å². The predicted octanol–water partition coefficient (Wildman–Crippen LogP) is 2.38. The third-order valence-electron chi connectivity index (χ3n) is 3.71. The molecule has 0 spiro atoms. The van der Waals surface area contributed by atoms with Crippen LogP contribution >= 0.6 is 0 Å². The van der Waals surface area contributed by atoms with Crippen molar-refractivity contribution >= 4 is 5.91 Å². The van der Waals surface area contributed by atoms with Crippen LogP contribution in [0.3, 0.4) is 0 Å². The quantitative estimate of drug-likeness (QED) is 0.924. The van der Waals surface area contributed by atoms with Gasteiger partial charge in [-0.25, -0.2) is 8.78 Å². The maximum Gasteiger partial charge on any atom is 0.270 e. The molecule has 118 valence electrons. The average Bonchev–Trinajstić information content (AvgIpc) is 3.03. The Kier molecular flexibility index (Phi) is 4.08. The van der Waals surface area contributed by atoms with Gasteiger partial charge in [-0.1, -0.05) is 6.07 Å². The van der Waals surface area contributed by atoms with Gasteiger partial charge in [-0.15, -0.1) is 0 Å². The van der Waals surface area contributed by atoms with Crippen molar-refractivity contribution in [2.45, 2.75) is 6.10 Å². The highest BCUT2D eigenvalue weighted by atomic mass is 19.1. The minimum atomic E-state index is -0.698. The van der Waals surface area contributed by atoms with E-state index in [4.69, 9.17) is 10.00 Å². The summed E-state index contributed by atoms with van der Waals surface area (Å²) in [5.41, 5.74) is 0.873. The predicted molar refractivity (Wildman–Crippen MR) is 76.5 cm³/mol. The number of aromatic amines is 1. The summed E-state index contributed by atoms with van der Waals surface area (Å²) in [4.78, 5) is 16.7. The maximum absolute atomic E-state index is 13.9. The lowest BCUT2D eigenvalue weighted by Crippen LogP contribution is -2.42. The molecule has 1 aliphatic heterocycles. The van der Waals surface area contributed by atoms with Gasteiger partial charge in [0.25, 0.3) is 5.91 Å². The first-order valence-electron chi connectivity index (χ1n) is 7.03. The molecule has 1 aliphatic rings. The van der Waals surface area contributed by atoms with E-state index < -0.39 is 17.7 Å². The molecule has 23 heavy (non-hydrogen) atoms. The zero-order valence-electron chi connectivity index (χ0n) is 12.1. The van der Waals surface area contributed by atoms with Crippen LogP contribution in [0.2, 0.25) is 0 Å². The summed E-state index contributed by atoms with van der Waals surface area (Å²) in [5.74, 6) is -1.65. The summed E-state index contributed by atoms with van der Waals surface area (Å²) >= 11 is 0. The summed E-state index contributed by atoms with van der Waals surface area (Å²) in [7, 11) is 0. The first-order chi connectivity index (χ1) is 11.1. The molecule has 1 saturated heterocycles. The van der Waals surface area contributed by atoms with Crippen LogP contribution < -0.4 is 0 Å². The maximum atomic E-state index is 13.9. The monoisotopic (exact) mass is 317 g/mol. The lowest BCUT2D eigenvalue weighted by Gasteiger charge is -2.33. The molecule has 1 fully saturated rings. The van der Waals surface area contributed by atoms with Crippen molar-refractivity contribution in [2.24, 2.45) is 0 Å². The van der Waals surface area contributed by atoms with Crippen LogP contribution in [-0.4, -0.2) is 35.5 Å². The highest BCUT2D eigenvalue weighted by Gasteiger charge is 2.28. The van der Waals surface area contributed by atoms with Crippen molar-refractivity contribution in [3.05, 3.63) is 58.9 Å². The third kappa shape index (κ3) is 3.07. The van der Waals surface area contributed by atoms with Gasteiger partial charge in [-0.2, -0.15) is 5.26 Å². The number of nitrogens with one attached hydrogen (secondary N) is 1. The first-order valence-corrected chi connectivity index (χ1v) is 7.03. The van der Waals surface area contributed by atoms with E-state index in [1.165, 1.54) is 23.2 Å². The zero-order chi connectivity index (χ0) is 16.4. The molecule has 1 N–H and O–H groups in total. The number of nitriles is 1. The Hall–Kier alpha value is -2.72. The second kappa shape index (κ2) is 6.18. The largest absolute Gasteiger partial charge is 0.370 e. The Labute approximate surface area is 131 Å². The van der Waals surface area contributed by atoms with Crippen LogP contribution in [0.4, 0.5) is 8.78 Å². The van der Waals surface area contributed by atoms with Crippen LogP contribution in [0.25, 0.3) is 0 Å². The van der Waals surface area contributed by atoms with Crippen molar-refractivity contribution in [2.75, 3.05) is 19.7 Å². The fourth-order valence-corrected chi connectivity index (χ4v) is 2.54. The second-order valence-electron chi connectivity index (χ2n) is 5.19. The molecule has 1 atom stereocenters. The van der Waals surface area contributed by atoms with E-state index in [2.05, 4.69) is 4.98 Å². The Morgan fingerprint density at radius 3 is 2.91 bits per heavy atom. The normalized spacial score (nSPS) is 17.8. The standard InChI is InChI=1S/C16H13F2N3O2/c17-11-1-2-12(13(18)6-11)15-9-21(3-4-23-15)16(22)14-5-10(7-19)8-20-14/h1-2,5-6,8,15,20H,3-4,9H2. The van der Waals surface area contributed by atoms with E-state index >= 15 is 0 Å². The van der Waals surface area contributed by atoms with Gasteiger partial charge >= 0.3 is 0 Å². The number of hydrogen-bond donors (Lipinski definition) is 1. The molecule has 1 aromatic carbocycles. The Bertz CT molecular complexity index is 782. The van der Waals surface area contributed by atoms with Crippen LogP contribution in [-0.2, 0) is 4.74 Å². The molecule has 0 bridgehead atoms. The van der Waals surface area contributed by atoms with Gasteiger partial charge in [0.1, 0.15) is 29.5 Å². The van der Waals surface area contributed by atoms with Gasteiger partial charge in [0.15, 0.2) is 0 Å². The number of carbonyl (C=O) groups is 1. The van der Waals surface area contributed by atoms with Gasteiger partial charge in [0, 0.05) is 24.4 Å². The van der Waals surface area contributed by atoms with E-state index in [0.717, 1.165) is 12.1 Å². The number of ether oxygens (including phenoxy) is 1. The van der Waals surface area contributed by atoms with Gasteiger partial charge in [0.2, 0.25) is 0 Å².